The first kappa shape index (κ1) is 22.4. The molecule has 0 radical (unpaired) electrons. The lowest BCUT2D eigenvalue weighted by atomic mass is 10.2. The highest BCUT2D eigenvalue weighted by Crippen LogP contribution is 2.23. The van der Waals surface area contributed by atoms with Gasteiger partial charge in [0.05, 0.1) is 41.7 Å². The molecule has 1 saturated heterocycles. The van der Waals surface area contributed by atoms with Gasteiger partial charge in [0.1, 0.15) is 5.75 Å². The predicted octanol–water partition coefficient (Wildman–Crippen LogP) is 3.51. The van der Waals surface area contributed by atoms with Gasteiger partial charge in [-0.1, -0.05) is 30.8 Å². The van der Waals surface area contributed by atoms with E-state index in [1.54, 1.807) is 10.6 Å². The molecule has 7 nitrogen and oxygen atoms in total. The Bertz CT molecular complexity index is 1150. The number of benzene rings is 2. The second kappa shape index (κ2) is 10.2. The van der Waals surface area contributed by atoms with Crippen LogP contribution in [0, 0.1) is 0 Å². The standard InChI is InChI=1S/C24H27N3O4S/c1-3-18-15-26(13-14-31-18)22(28)16-32-24-25-21-8-6-5-7-20(21)23(29)27(24)17-9-11-19(12-10-17)30-4-2/h5-12,18H,3-4,13-16H2,1-2H3. The van der Waals surface area contributed by atoms with Gasteiger partial charge < -0.3 is 14.4 Å². The molecule has 2 aromatic carbocycles. The number of nitrogens with zero attached hydrogens (tertiary/aromatic N) is 3. The Balaban J connectivity index is 1.64. The molecule has 0 spiro atoms. The van der Waals surface area contributed by atoms with Crippen molar-refractivity contribution in [3.05, 3.63) is 58.9 Å². The first-order chi connectivity index (χ1) is 15.6. The molecular weight excluding hydrogens is 426 g/mol. The summed E-state index contributed by atoms with van der Waals surface area (Å²) in [6.07, 6.45) is 0.957. The number of aromatic nitrogens is 2. The minimum atomic E-state index is -0.160. The summed E-state index contributed by atoms with van der Waals surface area (Å²) < 4.78 is 12.8. The molecule has 168 valence electrons. The van der Waals surface area contributed by atoms with E-state index in [0.717, 1.165) is 12.2 Å². The van der Waals surface area contributed by atoms with Crippen molar-refractivity contribution in [1.82, 2.24) is 14.5 Å². The van der Waals surface area contributed by atoms with Gasteiger partial charge in [-0.05, 0) is 49.7 Å². The van der Waals surface area contributed by atoms with Gasteiger partial charge in [-0.25, -0.2) is 4.98 Å². The number of hydrogen-bond donors (Lipinski definition) is 0. The molecule has 8 heteroatoms. The number of amides is 1. The molecule has 1 fully saturated rings. The average Bonchev–Trinajstić information content (AvgIpc) is 2.83. The van der Waals surface area contributed by atoms with Gasteiger partial charge in [-0.15, -0.1) is 0 Å². The fourth-order valence-corrected chi connectivity index (χ4v) is 4.62. The third kappa shape index (κ3) is 4.81. The molecule has 4 rings (SSSR count). The highest BCUT2D eigenvalue weighted by Gasteiger charge is 2.24. The molecule has 1 atom stereocenters. The summed E-state index contributed by atoms with van der Waals surface area (Å²) >= 11 is 1.28. The molecule has 0 N–H and O–H groups in total. The molecule has 0 aliphatic carbocycles. The van der Waals surface area contributed by atoms with Gasteiger partial charge in [0.15, 0.2) is 5.16 Å². The number of morpholine rings is 1. The smallest absolute Gasteiger partial charge is 0.266 e. The van der Waals surface area contributed by atoms with Crippen LogP contribution in [0.25, 0.3) is 16.6 Å². The van der Waals surface area contributed by atoms with E-state index in [9.17, 15) is 9.59 Å². The van der Waals surface area contributed by atoms with Crippen LogP contribution in [0.2, 0.25) is 0 Å². The fourth-order valence-electron chi connectivity index (χ4n) is 3.71. The maximum absolute atomic E-state index is 13.4. The minimum Gasteiger partial charge on any atom is -0.494 e. The molecule has 3 aromatic rings. The number of para-hydroxylation sites is 1. The lowest BCUT2D eigenvalue weighted by Gasteiger charge is -2.32. The zero-order chi connectivity index (χ0) is 22.5. The monoisotopic (exact) mass is 453 g/mol. The summed E-state index contributed by atoms with van der Waals surface area (Å²) in [5.74, 6) is 0.968. The van der Waals surface area contributed by atoms with Crippen LogP contribution in [0.4, 0.5) is 0 Å². The fraction of sp³-hybridized carbons (Fsp3) is 0.375. The number of carbonyl (C=O) groups is 1. The molecule has 1 aliphatic rings. The van der Waals surface area contributed by atoms with E-state index >= 15 is 0 Å². The first-order valence-electron chi connectivity index (χ1n) is 10.9. The Labute approximate surface area is 191 Å². The normalized spacial score (nSPS) is 16.3. The topological polar surface area (TPSA) is 73.7 Å². The molecule has 0 bridgehead atoms. The van der Waals surface area contributed by atoms with E-state index in [-0.39, 0.29) is 23.3 Å². The number of fused-ring (bicyclic) bond motifs is 1. The van der Waals surface area contributed by atoms with E-state index < -0.39 is 0 Å². The van der Waals surface area contributed by atoms with Crippen LogP contribution >= 0.6 is 11.8 Å². The molecule has 0 saturated carbocycles. The summed E-state index contributed by atoms with van der Waals surface area (Å²) in [5, 5.41) is 1.03. The van der Waals surface area contributed by atoms with Crippen molar-refractivity contribution in [1.29, 1.82) is 0 Å². The highest BCUT2D eigenvalue weighted by atomic mass is 32.2. The van der Waals surface area contributed by atoms with Gasteiger partial charge in [0.25, 0.3) is 5.56 Å². The second-order valence-electron chi connectivity index (χ2n) is 7.51. The summed E-state index contributed by atoms with van der Waals surface area (Å²) in [6.45, 7) is 6.30. The van der Waals surface area contributed by atoms with Crippen molar-refractivity contribution >= 4 is 28.6 Å². The van der Waals surface area contributed by atoms with Crippen LogP contribution in [0.1, 0.15) is 20.3 Å². The maximum Gasteiger partial charge on any atom is 0.266 e. The maximum atomic E-state index is 13.4. The lowest BCUT2D eigenvalue weighted by molar-refractivity contribution is -0.135. The quantitative estimate of drug-likeness (QED) is 0.403. The van der Waals surface area contributed by atoms with Gasteiger partial charge in [-0.2, -0.15) is 0 Å². The largest absolute Gasteiger partial charge is 0.494 e. The SMILES string of the molecule is CCOc1ccc(-n2c(SCC(=O)N3CCOC(CC)C3)nc3ccccc3c2=O)cc1. The zero-order valence-corrected chi connectivity index (χ0v) is 19.1. The molecule has 1 aliphatic heterocycles. The van der Waals surface area contributed by atoms with E-state index in [4.69, 9.17) is 14.5 Å². The summed E-state index contributed by atoms with van der Waals surface area (Å²) in [4.78, 5) is 32.8. The highest BCUT2D eigenvalue weighted by molar-refractivity contribution is 7.99. The summed E-state index contributed by atoms with van der Waals surface area (Å²) in [6, 6.07) is 14.6. The Morgan fingerprint density at radius 1 is 1.19 bits per heavy atom. The number of hydrogen-bond acceptors (Lipinski definition) is 6. The van der Waals surface area contributed by atoms with Crippen LogP contribution in [-0.2, 0) is 9.53 Å². The Kier molecular flexibility index (Phi) is 7.12. The van der Waals surface area contributed by atoms with Crippen LogP contribution in [0.15, 0.2) is 58.5 Å². The number of ether oxygens (including phenoxy) is 2. The van der Waals surface area contributed by atoms with Crippen LogP contribution < -0.4 is 10.3 Å². The Hall–Kier alpha value is -2.84. The number of thioether (sulfide) groups is 1. The van der Waals surface area contributed by atoms with Crippen molar-refractivity contribution in [3.63, 3.8) is 0 Å². The Morgan fingerprint density at radius 2 is 1.97 bits per heavy atom. The van der Waals surface area contributed by atoms with E-state index in [2.05, 4.69) is 6.92 Å². The lowest BCUT2D eigenvalue weighted by Crippen LogP contribution is -2.46. The molecule has 32 heavy (non-hydrogen) atoms. The molecule has 1 unspecified atom stereocenters. The van der Waals surface area contributed by atoms with Crippen LogP contribution in [-0.4, -0.2) is 58.5 Å². The van der Waals surface area contributed by atoms with Crippen molar-refractivity contribution in [2.24, 2.45) is 0 Å². The van der Waals surface area contributed by atoms with Gasteiger partial charge in [0.2, 0.25) is 5.91 Å². The van der Waals surface area contributed by atoms with Gasteiger partial charge in [-0.3, -0.25) is 14.2 Å². The van der Waals surface area contributed by atoms with E-state index in [1.807, 2.05) is 54.3 Å². The Morgan fingerprint density at radius 3 is 2.72 bits per heavy atom. The third-order valence-corrected chi connectivity index (χ3v) is 6.35. The van der Waals surface area contributed by atoms with Crippen molar-refractivity contribution < 1.29 is 14.3 Å². The van der Waals surface area contributed by atoms with E-state index in [0.29, 0.717) is 48.1 Å². The molecular formula is C24H27N3O4S. The minimum absolute atomic E-state index is 0.0254. The van der Waals surface area contributed by atoms with Crippen molar-refractivity contribution in [3.8, 4) is 11.4 Å². The average molecular weight is 454 g/mol. The van der Waals surface area contributed by atoms with Crippen molar-refractivity contribution in [2.45, 2.75) is 31.5 Å². The van der Waals surface area contributed by atoms with E-state index in [1.165, 1.54) is 11.8 Å². The van der Waals surface area contributed by atoms with Crippen molar-refractivity contribution in [2.75, 3.05) is 32.1 Å². The molecule has 1 aromatic heterocycles. The number of rotatable bonds is 7. The van der Waals surface area contributed by atoms with Gasteiger partial charge in [0, 0.05) is 13.1 Å². The van der Waals surface area contributed by atoms with Crippen LogP contribution in [0.5, 0.6) is 5.75 Å². The second-order valence-corrected chi connectivity index (χ2v) is 8.45. The summed E-state index contributed by atoms with van der Waals surface area (Å²) in [5.41, 5.74) is 1.14. The molecule has 2 heterocycles. The first-order valence-corrected chi connectivity index (χ1v) is 11.9. The van der Waals surface area contributed by atoms with Gasteiger partial charge >= 0.3 is 0 Å². The van der Waals surface area contributed by atoms with Crippen LogP contribution in [0.3, 0.4) is 0 Å². The summed E-state index contributed by atoms with van der Waals surface area (Å²) in [7, 11) is 0. The molecule has 1 amide bonds. The third-order valence-electron chi connectivity index (χ3n) is 5.42. The predicted molar refractivity (Wildman–Crippen MR) is 126 cm³/mol. The number of carbonyl (C=O) groups excluding carboxylic acids is 1. The zero-order valence-electron chi connectivity index (χ0n) is 18.3.